The molecule has 19 heavy (non-hydrogen) atoms. The number of amides is 1. The van der Waals surface area contributed by atoms with Gasteiger partial charge in [-0.05, 0) is 38.0 Å². The van der Waals surface area contributed by atoms with Crippen molar-refractivity contribution in [3.05, 3.63) is 23.8 Å². The number of carbonyl (C=O) groups excluding carboxylic acids is 1. The van der Waals surface area contributed by atoms with E-state index in [2.05, 4.69) is 0 Å². The Morgan fingerprint density at radius 1 is 1.58 bits per heavy atom. The molecular weight excluding hydrogens is 244 g/mol. The van der Waals surface area contributed by atoms with Gasteiger partial charge in [-0.25, -0.2) is 0 Å². The van der Waals surface area contributed by atoms with Crippen LogP contribution in [0.1, 0.15) is 30.1 Å². The first-order valence-corrected chi connectivity index (χ1v) is 6.61. The number of nitrogens with two attached hydrogens (primary N) is 1. The number of benzene rings is 1. The molecule has 0 aliphatic carbocycles. The largest absolute Gasteiger partial charge is 0.506 e. The lowest BCUT2D eigenvalue weighted by Gasteiger charge is -2.24. The molecule has 1 heterocycles. The first-order chi connectivity index (χ1) is 9.11. The fraction of sp³-hybridized carbons (Fsp3) is 0.500. The van der Waals surface area contributed by atoms with Crippen LogP contribution in [0.2, 0.25) is 0 Å². The normalized spacial score (nSPS) is 18.5. The highest BCUT2D eigenvalue weighted by molar-refractivity contribution is 5.95. The third kappa shape index (κ3) is 3.17. The van der Waals surface area contributed by atoms with E-state index >= 15 is 0 Å². The van der Waals surface area contributed by atoms with Gasteiger partial charge in [-0.3, -0.25) is 4.79 Å². The van der Waals surface area contributed by atoms with E-state index in [-0.39, 0.29) is 23.4 Å². The zero-order valence-corrected chi connectivity index (χ0v) is 11.1. The van der Waals surface area contributed by atoms with Crippen molar-refractivity contribution < 1.29 is 14.6 Å². The van der Waals surface area contributed by atoms with Crippen LogP contribution in [0.3, 0.4) is 0 Å². The quantitative estimate of drug-likeness (QED) is 0.640. The van der Waals surface area contributed by atoms with Crippen molar-refractivity contribution >= 4 is 11.6 Å². The fourth-order valence-electron chi connectivity index (χ4n) is 2.25. The van der Waals surface area contributed by atoms with Crippen molar-refractivity contribution in [1.82, 2.24) is 4.90 Å². The van der Waals surface area contributed by atoms with E-state index in [4.69, 9.17) is 10.5 Å². The number of hydrogen-bond acceptors (Lipinski definition) is 4. The lowest BCUT2D eigenvalue weighted by atomic mass is 10.1. The molecule has 1 atom stereocenters. The molecule has 1 fully saturated rings. The molecule has 0 aromatic heterocycles. The van der Waals surface area contributed by atoms with Gasteiger partial charge in [-0.15, -0.1) is 0 Å². The zero-order chi connectivity index (χ0) is 13.8. The van der Waals surface area contributed by atoms with Crippen molar-refractivity contribution in [2.45, 2.75) is 25.9 Å². The Morgan fingerprint density at radius 2 is 2.37 bits per heavy atom. The monoisotopic (exact) mass is 264 g/mol. The molecular formula is C14H20N2O3. The summed E-state index contributed by atoms with van der Waals surface area (Å²) in [7, 11) is 0. The van der Waals surface area contributed by atoms with Gasteiger partial charge < -0.3 is 20.5 Å². The third-order valence-electron chi connectivity index (χ3n) is 3.39. The number of hydrogen-bond donors (Lipinski definition) is 2. The van der Waals surface area contributed by atoms with Crippen molar-refractivity contribution in [2.75, 3.05) is 25.4 Å². The number of aromatic hydroxyl groups is 1. The minimum Gasteiger partial charge on any atom is -0.506 e. The molecule has 0 bridgehead atoms. The van der Waals surface area contributed by atoms with Crippen molar-refractivity contribution in [2.24, 2.45) is 0 Å². The summed E-state index contributed by atoms with van der Waals surface area (Å²) < 4.78 is 5.55. The van der Waals surface area contributed by atoms with E-state index < -0.39 is 0 Å². The molecule has 0 saturated carbocycles. The topological polar surface area (TPSA) is 75.8 Å². The Morgan fingerprint density at radius 3 is 2.95 bits per heavy atom. The molecule has 1 amide bonds. The number of nitrogen functional groups attached to an aromatic ring is 1. The van der Waals surface area contributed by atoms with E-state index in [1.165, 1.54) is 6.07 Å². The van der Waals surface area contributed by atoms with Gasteiger partial charge in [0.15, 0.2) is 0 Å². The summed E-state index contributed by atoms with van der Waals surface area (Å²) in [6, 6.07) is 4.59. The Kier molecular flexibility index (Phi) is 4.27. The lowest BCUT2D eigenvalue weighted by molar-refractivity contribution is 0.0539. The van der Waals surface area contributed by atoms with E-state index in [1.54, 1.807) is 17.0 Å². The Labute approximate surface area is 113 Å². The molecule has 2 rings (SSSR count). The Hall–Kier alpha value is -1.75. The van der Waals surface area contributed by atoms with Crippen LogP contribution < -0.4 is 5.73 Å². The number of phenolic OH excluding ortho intramolecular Hbond substituents is 1. The van der Waals surface area contributed by atoms with Gasteiger partial charge in [0, 0.05) is 25.3 Å². The van der Waals surface area contributed by atoms with E-state index in [1.807, 2.05) is 6.92 Å². The third-order valence-corrected chi connectivity index (χ3v) is 3.39. The maximum absolute atomic E-state index is 12.3. The van der Waals surface area contributed by atoms with Crippen LogP contribution in [0, 0.1) is 0 Å². The lowest BCUT2D eigenvalue weighted by Crippen LogP contribution is -2.37. The second-order valence-electron chi connectivity index (χ2n) is 4.75. The summed E-state index contributed by atoms with van der Waals surface area (Å²) in [6.07, 6.45) is 2.18. The second kappa shape index (κ2) is 5.93. The summed E-state index contributed by atoms with van der Waals surface area (Å²) in [5.74, 6) is -0.160. The predicted octanol–water partition coefficient (Wildman–Crippen LogP) is 1.62. The predicted molar refractivity (Wildman–Crippen MR) is 73.1 cm³/mol. The zero-order valence-electron chi connectivity index (χ0n) is 11.1. The molecule has 1 saturated heterocycles. The average molecular weight is 264 g/mol. The Balaban J connectivity index is 2.08. The molecule has 1 aromatic carbocycles. The van der Waals surface area contributed by atoms with Crippen molar-refractivity contribution in [3.63, 3.8) is 0 Å². The number of carbonyl (C=O) groups is 1. The molecule has 1 aliphatic rings. The van der Waals surface area contributed by atoms with Gasteiger partial charge in [-0.2, -0.15) is 0 Å². The standard InChI is InChI=1S/C14H20N2O3/c1-2-16(9-11-4-3-7-19-11)14(18)10-5-6-12(15)13(17)8-10/h5-6,8,11,17H,2-4,7,9,15H2,1H3. The van der Waals surface area contributed by atoms with E-state index in [0.29, 0.717) is 18.7 Å². The number of ether oxygens (including phenoxy) is 1. The summed E-state index contributed by atoms with van der Waals surface area (Å²) in [5.41, 5.74) is 6.26. The summed E-state index contributed by atoms with van der Waals surface area (Å²) in [4.78, 5) is 14.1. The number of phenols is 1. The van der Waals surface area contributed by atoms with Gasteiger partial charge in [0.25, 0.3) is 5.91 Å². The van der Waals surface area contributed by atoms with Gasteiger partial charge in [0.1, 0.15) is 5.75 Å². The highest BCUT2D eigenvalue weighted by Crippen LogP contribution is 2.22. The molecule has 3 N–H and O–H groups in total. The van der Waals surface area contributed by atoms with Crippen LogP contribution >= 0.6 is 0 Å². The minimum absolute atomic E-state index is 0.0565. The molecule has 0 radical (unpaired) electrons. The van der Waals surface area contributed by atoms with Crippen LogP contribution in [0.4, 0.5) is 5.69 Å². The maximum Gasteiger partial charge on any atom is 0.254 e. The van der Waals surface area contributed by atoms with Gasteiger partial charge in [0.05, 0.1) is 11.8 Å². The molecule has 5 heteroatoms. The minimum atomic E-state index is -0.103. The molecule has 1 aromatic rings. The number of likely N-dealkylation sites (N-methyl/N-ethyl adjacent to an activating group) is 1. The second-order valence-corrected chi connectivity index (χ2v) is 4.75. The molecule has 1 aliphatic heterocycles. The van der Waals surface area contributed by atoms with E-state index in [0.717, 1.165) is 19.4 Å². The SMILES string of the molecule is CCN(CC1CCCO1)C(=O)c1ccc(N)c(O)c1. The van der Waals surface area contributed by atoms with Crippen molar-refractivity contribution in [1.29, 1.82) is 0 Å². The molecule has 1 unspecified atom stereocenters. The summed E-state index contributed by atoms with van der Waals surface area (Å²) in [5, 5.41) is 9.57. The van der Waals surface area contributed by atoms with Gasteiger partial charge in [-0.1, -0.05) is 0 Å². The van der Waals surface area contributed by atoms with Crippen molar-refractivity contribution in [3.8, 4) is 5.75 Å². The van der Waals surface area contributed by atoms with Gasteiger partial charge in [0.2, 0.25) is 0 Å². The number of rotatable bonds is 4. The van der Waals surface area contributed by atoms with Crippen LogP contribution in [-0.4, -0.2) is 41.7 Å². The highest BCUT2D eigenvalue weighted by atomic mass is 16.5. The molecule has 104 valence electrons. The van der Waals surface area contributed by atoms with Gasteiger partial charge >= 0.3 is 0 Å². The maximum atomic E-state index is 12.3. The van der Waals surface area contributed by atoms with Crippen LogP contribution in [0.5, 0.6) is 5.75 Å². The molecule has 5 nitrogen and oxygen atoms in total. The summed E-state index contributed by atoms with van der Waals surface area (Å²) >= 11 is 0. The first-order valence-electron chi connectivity index (χ1n) is 6.61. The van der Waals surface area contributed by atoms with Crippen LogP contribution in [-0.2, 0) is 4.74 Å². The highest BCUT2D eigenvalue weighted by Gasteiger charge is 2.22. The Bertz CT molecular complexity index is 456. The van der Waals surface area contributed by atoms with Crippen LogP contribution in [0.25, 0.3) is 0 Å². The fourth-order valence-corrected chi connectivity index (χ4v) is 2.25. The number of anilines is 1. The first kappa shape index (κ1) is 13.7. The average Bonchev–Trinajstić information content (AvgIpc) is 2.91. The summed E-state index contributed by atoms with van der Waals surface area (Å²) in [6.45, 7) is 3.92. The molecule has 0 spiro atoms. The van der Waals surface area contributed by atoms with E-state index in [9.17, 15) is 9.90 Å². The number of nitrogens with zero attached hydrogens (tertiary/aromatic N) is 1. The smallest absolute Gasteiger partial charge is 0.254 e. The van der Waals surface area contributed by atoms with Crippen LogP contribution in [0.15, 0.2) is 18.2 Å².